The number of Topliss-reactive ketones (excluding diaryl/α,β-unsaturated/α-hetero) is 1. The molecule has 1 saturated heterocycles. The molecule has 12 heteroatoms. The molecule has 3 aromatic rings. The van der Waals surface area contributed by atoms with Crippen LogP contribution in [0.15, 0.2) is 51.2 Å². The van der Waals surface area contributed by atoms with Gasteiger partial charge in [-0.05, 0) is 55.0 Å². The Morgan fingerprint density at radius 2 is 1.86 bits per heavy atom. The Hall–Kier alpha value is -2.94. The SMILES string of the molecule is O=C(C#Cc1csc(C2CCN(C(=O)Cn3cc(Cl)cc(C(F)(F)F)c3=O)CC2)n1)c1ccc(Br)cc1. The number of halogens is 5. The second kappa shape index (κ2) is 11.2. The van der Waals surface area contributed by atoms with Crippen molar-refractivity contribution < 1.29 is 22.8 Å². The molecule has 3 heterocycles. The first-order valence-electron chi connectivity index (χ1n) is 11.0. The fourth-order valence-electron chi connectivity index (χ4n) is 3.87. The van der Waals surface area contributed by atoms with Crippen LogP contribution in [-0.4, -0.2) is 39.2 Å². The average molecular weight is 613 g/mol. The lowest BCUT2D eigenvalue weighted by atomic mass is 9.97. The van der Waals surface area contributed by atoms with E-state index in [4.69, 9.17) is 11.6 Å². The highest BCUT2D eigenvalue weighted by Crippen LogP contribution is 2.31. The van der Waals surface area contributed by atoms with Crippen LogP contribution in [0.3, 0.4) is 0 Å². The first-order chi connectivity index (χ1) is 17.5. The van der Waals surface area contributed by atoms with Crippen molar-refractivity contribution in [2.45, 2.75) is 31.5 Å². The summed E-state index contributed by atoms with van der Waals surface area (Å²) >= 11 is 10.5. The Morgan fingerprint density at radius 3 is 2.51 bits per heavy atom. The quantitative estimate of drug-likeness (QED) is 0.293. The predicted molar refractivity (Wildman–Crippen MR) is 137 cm³/mol. The molecule has 0 aliphatic carbocycles. The van der Waals surface area contributed by atoms with E-state index in [1.807, 2.05) is 0 Å². The van der Waals surface area contributed by atoms with Gasteiger partial charge in [0.25, 0.3) is 5.56 Å². The number of piperidine rings is 1. The molecule has 0 N–H and O–H groups in total. The number of nitrogens with zero attached hydrogens (tertiary/aromatic N) is 3. The minimum atomic E-state index is -4.87. The summed E-state index contributed by atoms with van der Waals surface area (Å²) in [5.41, 5.74) is -1.74. The largest absolute Gasteiger partial charge is 0.421 e. The van der Waals surface area contributed by atoms with Crippen LogP contribution in [0.2, 0.25) is 5.02 Å². The van der Waals surface area contributed by atoms with E-state index in [-0.39, 0.29) is 16.7 Å². The van der Waals surface area contributed by atoms with Gasteiger partial charge in [-0.15, -0.1) is 11.3 Å². The lowest BCUT2D eigenvalue weighted by molar-refractivity contribution is -0.139. The molecule has 1 aliphatic heterocycles. The number of aromatic nitrogens is 2. The number of carbonyl (C=O) groups is 2. The fourth-order valence-corrected chi connectivity index (χ4v) is 5.28. The van der Waals surface area contributed by atoms with Crippen LogP contribution in [0.1, 0.15) is 45.4 Å². The topological polar surface area (TPSA) is 72.3 Å². The first-order valence-corrected chi connectivity index (χ1v) is 13.1. The third kappa shape index (κ3) is 6.69. The number of pyridine rings is 1. The maximum absolute atomic E-state index is 13.1. The Morgan fingerprint density at radius 1 is 1.19 bits per heavy atom. The van der Waals surface area contributed by atoms with Crippen LogP contribution in [0.5, 0.6) is 0 Å². The summed E-state index contributed by atoms with van der Waals surface area (Å²) < 4.78 is 40.8. The van der Waals surface area contributed by atoms with Crippen molar-refractivity contribution >= 4 is 50.6 Å². The van der Waals surface area contributed by atoms with Gasteiger partial charge in [0.15, 0.2) is 0 Å². The molecule has 0 bridgehead atoms. The summed E-state index contributed by atoms with van der Waals surface area (Å²) in [7, 11) is 0. The van der Waals surface area contributed by atoms with E-state index in [0.29, 0.717) is 47.8 Å². The molecule has 192 valence electrons. The summed E-state index contributed by atoms with van der Waals surface area (Å²) in [4.78, 5) is 43.2. The normalized spacial score (nSPS) is 14.2. The van der Waals surface area contributed by atoms with E-state index in [2.05, 4.69) is 32.8 Å². The van der Waals surface area contributed by atoms with Crippen molar-refractivity contribution in [1.29, 1.82) is 0 Å². The molecule has 0 unspecified atom stereocenters. The van der Waals surface area contributed by atoms with Crippen molar-refractivity contribution in [3.63, 3.8) is 0 Å². The summed E-state index contributed by atoms with van der Waals surface area (Å²) in [6.07, 6.45) is -2.64. The van der Waals surface area contributed by atoms with Gasteiger partial charge in [0.05, 0.1) is 10.0 Å². The number of rotatable bonds is 4. The van der Waals surface area contributed by atoms with Crippen LogP contribution < -0.4 is 5.56 Å². The van der Waals surface area contributed by atoms with Gasteiger partial charge in [0.1, 0.15) is 17.8 Å². The molecular weight excluding hydrogens is 595 g/mol. The summed E-state index contributed by atoms with van der Waals surface area (Å²) in [6, 6.07) is 7.45. The van der Waals surface area contributed by atoms with Crippen molar-refractivity contribution in [3.8, 4) is 11.8 Å². The first kappa shape index (κ1) is 27.1. The lowest BCUT2D eigenvalue weighted by Crippen LogP contribution is -2.41. The van der Waals surface area contributed by atoms with E-state index in [1.165, 1.54) is 16.2 Å². The van der Waals surface area contributed by atoms with E-state index in [9.17, 15) is 27.6 Å². The zero-order valence-corrected chi connectivity index (χ0v) is 22.2. The fraction of sp³-hybridized carbons (Fsp3) is 0.280. The average Bonchev–Trinajstić information content (AvgIpc) is 3.33. The van der Waals surface area contributed by atoms with Crippen molar-refractivity contribution in [2.24, 2.45) is 0 Å². The second-order valence-electron chi connectivity index (χ2n) is 8.31. The van der Waals surface area contributed by atoms with E-state index in [1.54, 1.807) is 29.6 Å². The Labute approximate surface area is 227 Å². The van der Waals surface area contributed by atoms with Gasteiger partial charge in [0, 0.05) is 40.6 Å². The predicted octanol–water partition coefficient (Wildman–Crippen LogP) is 5.38. The monoisotopic (exact) mass is 611 g/mol. The molecule has 1 aliphatic rings. The molecule has 2 aromatic heterocycles. The Balaban J connectivity index is 1.35. The Bertz CT molecular complexity index is 1450. The molecule has 1 amide bonds. The zero-order chi connectivity index (χ0) is 26.7. The molecule has 6 nitrogen and oxygen atoms in total. The van der Waals surface area contributed by atoms with Crippen molar-refractivity contribution in [1.82, 2.24) is 14.5 Å². The molecule has 1 fully saturated rings. The van der Waals surface area contributed by atoms with Gasteiger partial charge in [0.2, 0.25) is 11.7 Å². The van der Waals surface area contributed by atoms with Gasteiger partial charge in [-0.1, -0.05) is 27.5 Å². The molecule has 1 aromatic carbocycles. The highest BCUT2D eigenvalue weighted by molar-refractivity contribution is 9.10. The number of thiazole rings is 1. The van der Waals surface area contributed by atoms with E-state index in [0.717, 1.165) is 15.7 Å². The maximum Gasteiger partial charge on any atom is 0.421 e. The molecule has 0 atom stereocenters. The number of carbonyl (C=O) groups excluding carboxylic acids is 2. The number of alkyl halides is 3. The van der Waals surface area contributed by atoms with Crippen LogP contribution in [0.4, 0.5) is 13.2 Å². The second-order valence-corrected chi connectivity index (χ2v) is 10.6. The minimum absolute atomic E-state index is 0.0810. The zero-order valence-electron chi connectivity index (χ0n) is 19.0. The third-order valence-electron chi connectivity index (χ3n) is 5.79. The molecule has 4 rings (SSSR count). The van der Waals surface area contributed by atoms with Crippen LogP contribution in [-0.2, 0) is 17.5 Å². The highest BCUT2D eigenvalue weighted by atomic mass is 79.9. The minimum Gasteiger partial charge on any atom is -0.341 e. The molecule has 0 radical (unpaired) electrons. The van der Waals surface area contributed by atoms with Gasteiger partial charge in [-0.25, -0.2) is 4.98 Å². The molecule has 0 spiro atoms. The molecule has 0 saturated carbocycles. The van der Waals surface area contributed by atoms with Gasteiger partial charge >= 0.3 is 6.18 Å². The van der Waals surface area contributed by atoms with Gasteiger partial charge in [-0.2, -0.15) is 13.2 Å². The van der Waals surface area contributed by atoms with Gasteiger partial charge in [-0.3, -0.25) is 14.4 Å². The van der Waals surface area contributed by atoms with E-state index >= 15 is 0 Å². The molecular formula is C25H18BrClF3N3O3S. The number of hydrogen-bond donors (Lipinski definition) is 0. The maximum atomic E-state index is 13.1. The van der Waals surface area contributed by atoms with Crippen LogP contribution in [0, 0.1) is 11.8 Å². The van der Waals surface area contributed by atoms with Gasteiger partial charge < -0.3 is 9.47 Å². The number of likely N-dealkylation sites (tertiary alicyclic amines) is 1. The number of ketones is 1. The summed E-state index contributed by atoms with van der Waals surface area (Å²) in [5.74, 6) is 4.70. The standard InChI is InChI=1S/C25H18BrClF3N3O3S/c26-17-3-1-15(2-4-17)21(34)6-5-19-14-37-23(31-19)16-7-9-32(10-8-16)22(35)13-33-12-18(27)11-20(24(33)36)25(28,29)30/h1-4,11-12,14,16H,7-10,13H2. The summed E-state index contributed by atoms with van der Waals surface area (Å²) in [5, 5.41) is 2.34. The summed E-state index contributed by atoms with van der Waals surface area (Å²) in [6.45, 7) is 0.206. The molecule has 37 heavy (non-hydrogen) atoms. The highest BCUT2D eigenvalue weighted by Gasteiger charge is 2.35. The van der Waals surface area contributed by atoms with Crippen LogP contribution in [0.25, 0.3) is 0 Å². The number of benzene rings is 1. The van der Waals surface area contributed by atoms with Crippen molar-refractivity contribution in [3.05, 3.63) is 83.6 Å². The Kier molecular flexibility index (Phi) is 8.21. The number of hydrogen-bond acceptors (Lipinski definition) is 5. The van der Waals surface area contributed by atoms with E-state index < -0.39 is 29.8 Å². The third-order valence-corrected chi connectivity index (χ3v) is 7.54. The smallest absolute Gasteiger partial charge is 0.341 e. The lowest BCUT2D eigenvalue weighted by Gasteiger charge is -2.31. The van der Waals surface area contributed by atoms with Crippen molar-refractivity contribution in [2.75, 3.05) is 13.1 Å². The van der Waals surface area contributed by atoms with Crippen LogP contribution >= 0.6 is 38.9 Å². The number of amides is 1.